The number of carbonyl (C=O) groups is 1. The van der Waals surface area contributed by atoms with Crippen LogP contribution in [0.25, 0.3) is 11.2 Å². The van der Waals surface area contributed by atoms with Crippen LogP contribution in [0.1, 0.15) is 12.8 Å². The predicted octanol–water partition coefficient (Wildman–Crippen LogP) is 0.331. The number of carbonyl (C=O) groups excluding carboxylic acids is 1. The molecule has 9 heteroatoms. The van der Waals surface area contributed by atoms with Crippen molar-refractivity contribution < 1.29 is 9.90 Å². The number of hydrogen-bond donors (Lipinski definition) is 3. The fourth-order valence-corrected chi connectivity index (χ4v) is 2.89. The van der Waals surface area contributed by atoms with Crippen LogP contribution in [0.5, 0.6) is 0 Å². The highest BCUT2D eigenvalue weighted by atomic mass is 35.5. The van der Waals surface area contributed by atoms with E-state index in [2.05, 4.69) is 25.3 Å². The van der Waals surface area contributed by atoms with Crippen molar-refractivity contribution in [2.24, 2.45) is 5.92 Å². The summed E-state index contributed by atoms with van der Waals surface area (Å²) in [5.74, 6) is 0.499. The van der Waals surface area contributed by atoms with E-state index in [0.29, 0.717) is 18.0 Å². The molecular formula is C13H17ClN6O2. The molecule has 2 aromatic heterocycles. The van der Waals surface area contributed by atoms with Gasteiger partial charge in [-0.05, 0) is 24.4 Å². The van der Waals surface area contributed by atoms with Crippen molar-refractivity contribution in [3.63, 3.8) is 0 Å². The number of imidazole rings is 1. The van der Waals surface area contributed by atoms with Gasteiger partial charge in [0.1, 0.15) is 5.52 Å². The van der Waals surface area contributed by atoms with Gasteiger partial charge in [0.15, 0.2) is 11.5 Å². The largest absolute Gasteiger partial charge is 0.395 e. The Morgan fingerprint density at radius 3 is 3.23 bits per heavy atom. The van der Waals surface area contributed by atoms with Crippen LogP contribution in [0.4, 0.5) is 5.82 Å². The minimum atomic E-state index is -0.132. The zero-order chi connectivity index (χ0) is 15.5. The average molecular weight is 325 g/mol. The number of rotatable bonds is 4. The first kappa shape index (κ1) is 15.0. The zero-order valence-corrected chi connectivity index (χ0v) is 12.7. The minimum Gasteiger partial charge on any atom is -0.395 e. The number of aromatic amines is 1. The van der Waals surface area contributed by atoms with E-state index in [1.54, 1.807) is 6.33 Å². The molecule has 3 rings (SSSR count). The summed E-state index contributed by atoms with van der Waals surface area (Å²) < 4.78 is 0. The van der Waals surface area contributed by atoms with Crippen molar-refractivity contribution in [2.75, 3.05) is 31.1 Å². The Morgan fingerprint density at radius 2 is 2.41 bits per heavy atom. The summed E-state index contributed by atoms with van der Waals surface area (Å²) in [6.45, 7) is 1.57. The molecule has 1 aliphatic rings. The average Bonchev–Trinajstić information content (AvgIpc) is 3.00. The second kappa shape index (κ2) is 6.45. The van der Waals surface area contributed by atoms with Gasteiger partial charge in [-0.2, -0.15) is 9.97 Å². The van der Waals surface area contributed by atoms with Crippen molar-refractivity contribution in [3.8, 4) is 0 Å². The Hall–Kier alpha value is -1.93. The summed E-state index contributed by atoms with van der Waals surface area (Å²) in [7, 11) is 0. The molecule has 1 fully saturated rings. The third-order valence-electron chi connectivity index (χ3n) is 3.74. The number of nitrogens with zero attached hydrogens (tertiary/aromatic N) is 4. The smallest absolute Gasteiger partial charge is 0.226 e. The zero-order valence-electron chi connectivity index (χ0n) is 11.9. The van der Waals surface area contributed by atoms with Gasteiger partial charge in [-0.1, -0.05) is 0 Å². The summed E-state index contributed by atoms with van der Waals surface area (Å²) in [5, 5.41) is 11.7. The maximum atomic E-state index is 12.1. The first-order valence-electron chi connectivity index (χ1n) is 7.19. The SMILES string of the molecule is O=C(NCCO)[C@H]1CCCN(c2nc(Cl)nc3nc[nH]c23)C1. The summed E-state index contributed by atoms with van der Waals surface area (Å²) in [5.41, 5.74) is 1.24. The number of aliphatic hydroxyl groups is 1. The van der Waals surface area contributed by atoms with Gasteiger partial charge in [-0.3, -0.25) is 4.79 Å². The molecule has 22 heavy (non-hydrogen) atoms. The Kier molecular flexibility index (Phi) is 4.39. The third kappa shape index (κ3) is 2.97. The van der Waals surface area contributed by atoms with Gasteiger partial charge in [-0.25, -0.2) is 4.98 Å². The number of halogens is 1. The van der Waals surface area contributed by atoms with Crippen LogP contribution >= 0.6 is 11.6 Å². The van der Waals surface area contributed by atoms with Crippen LogP contribution in [0, 0.1) is 5.92 Å². The predicted molar refractivity (Wildman–Crippen MR) is 81.7 cm³/mol. The Balaban J connectivity index is 1.81. The molecule has 1 atom stereocenters. The first-order chi connectivity index (χ1) is 10.7. The topological polar surface area (TPSA) is 107 Å². The van der Waals surface area contributed by atoms with Gasteiger partial charge >= 0.3 is 0 Å². The number of anilines is 1. The van der Waals surface area contributed by atoms with Crippen LogP contribution in [0.2, 0.25) is 5.28 Å². The molecule has 8 nitrogen and oxygen atoms in total. The lowest BCUT2D eigenvalue weighted by Gasteiger charge is -2.32. The molecule has 1 saturated heterocycles. The normalized spacial score (nSPS) is 18.6. The number of aliphatic hydroxyl groups excluding tert-OH is 1. The maximum absolute atomic E-state index is 12.1. The van der Waals surface area contributed by atoms with Crippen LogP contribution in [-0.4, -0.2) is 57.2 Å². The van der Waals surface area contributed by atoms with Gasteiger partial charge in [0, 0.05) is 19.6 Å². The molecule has 0 saturated carbocycles. The van der Waals surface area contributed by atoms with Gasteiger partial charge < -0.3 is 20.3 Å². The molecule has 0 aliphatic carbocycles. The molecule has 0 aromatic carbocycles. The first-order valence-corrected chi connectivity index (χ1v) is 7.57. The summed E-state index contributed by atoms with van der Waals surface area (Å²) in [4.78, 5) is 29.6. The highest BCUT2D eigenvalue weighted by molar-refractivity contribution is 6.28. The van der Waals surface area contributed by atoms with Crippen molar-refractivity contribution >= 4 is 34.5 Å². The van der Waals surface area contributed by atoms with E-state index in [0.717, 1.165) is 24.9 Å². The summed E-state index contributed by atoms with van der Waals surface area (Å²) in [6, 6.07) is 0. The lowest BCUT2D eigenvalue weighted by atomic mass is 9.97. The molecule has 0 spiro atoms. The number of H-pyrrole nitrogens is 1. The second-order valence-electron chi connectivity index (χ2n) is 5.22. The fourth-order valence-electron chi connectivity index (χ4n) is 2.73. The van der Waals surface area contributed by atoms with E-state index >= 15 is 0 Å². The molecule has 0 bridgehead atoms. The highest BCUT2D eigenvalue weighted by Gasteiger charge is 2.28. The Labute approximate surface area is 131 Å². The van der Waals surface area contributed by atoms with Crippen LogP contribution in [0.15, 0.2) is 6.33 Å². The second-order valence-corrected chi connectivity index (χ2v) is 5.56. The minimum absolute atomic E-state index is 0.0419. The number of amides is 1. The number of aromatic nitrogens is 4. The maximum Gasteiger partial charge on any atom is 0.226 e. The number of nitrogens with one attached hydrogen (secondary N) is 2. The van der Waals surface area contributed by atoms with Gasteiger partial charge in [0.25, 0.3) is 0 Å². The highest BCUT2D eigenvalue weighted by Crippen LogP contribution is 2.27. The van der Waals surface area contributed by atoms with Crippen molar-refractivity contribution in [2.45, 2.75) is 12.8 Å². The standard InChI is InChI=1S/C13H17ClN6O2/c14-13-18-10-9(16-7-17-10)11(19-13)20-4-1-2-8(6-20)12(22)15-3-5-21/h7-8,21H,1-6H2,(H,15,22)(H,16,17,18,19)/t8-/m0/s1. The quantitative estimate of drug-likeness (QED) is 0.700. The van der Waals surface area contributed by atoms with E-state index < -0.39 is 0 Å². The van der Waals surface area contributed by atoms with Crippen molar-refractivity contribution in [1.29, 1.82) is 0 Å². The molecule has 3 heterocycles. The monoisotopic (exact) mass is 324 g/mol. The number of piperidine rings is 1. The van der Waals surface area contributed by atoms with E-state index in [1.165, 1.54) is 0 Å². The van der Waals surface area contributed by atoms with E-state index in [4.69, 9.17) is 16.7 Å². The summed E-state index contributed by atoms with van der Waals surface area (Å²) in [6.07, 6.45) is 3.25. The fraction of sp³-hybridized carbons (Fsp3) is 0.538. The number of hydrogen-bond acceptors (Lipinski definition) is 6. The molecule has 1 aliphatic heterocycles. The molecule has 2 aromatic rings. The lowest BCUT2D eigenvalue weighted by molar-refractivity contribution is -0.125. The van der Waals surface area contributed by atoms with Crippen molar-refractivity contribution in [1.82, 2.24) is 25.3 Å². The van der Waals surface area contributed by atoms with E-state index in [-0.39, 0.29) is 30.3 Å². The van der Waals surface area contributed by atoms with Crippen LogP contribution < -0.4 is 10.2 Å². The molecule has 1 amide bonds. The van der Waals surface area contributed by atoms with Gasteiger partial charge in [0.2, 0.25) is 11.2 Å². The molecule has 3 N–H and O–H groups in total. The molecular weight excluding hydrogens is 308 g/mol. The van der Waals surface area contributed by atoms with Gasteiger partial charge in [0.05, 0.1) is 18.9 Å². The molecule has 0 radical (unpaired) electrons. The number of fused-ring (bicyclic) bond motifs is 1. The van der Waals surface area contributed by atoms with E-state index in [9.17, 15) is 4.79 Å². The molecule has 0 unspecified atom stereocenters. The van der Waals surface area contributed by atoms with Gasteiger partial charge in [-0.15, -0.1) is 0 Å². The van der Waals surface area contributed by atoms with Crippen LogP contribution in [0.3, 0.4) is 0 Å². The van der Waals surface area contributed by atoms with Crippen LogP contribution in [-0.2, 0) is 4.79 Å². The Bertz CT molecular complexity index is 676. The Morgan fingerprint density at radius 1 is 1.55 bits per heavy atom. The summed E-state index contributed by atoms with van der Waals surface area (Å²) >= 11 is 5.96. The lowest BCUT2D eigenvalue weighted by Crippen LogP contribution is -2.44. The third-order valence-corrected chi connectivity index (χ3v) is 3.91. The van der Waals surface area contributed by atoms with E-state index in [1.807, 2.05) is 4.90 Å². The molecule has 118 valence electrons. The van der Waals surface area contributed by atoms with Crippen molar-refractivity contribution in [3.05, 3.63) is 11.6 Å².